The van der Waals surface area contributed by atoms with E-state index < -0.39 is 12.2 Å². The molecule has 0 aromatic carbocycles. The van der Waals surface area contributed by atoms with Crippen molar-refractivity contribution in [3.8, 4) is 0 Å². The largest absolute Gasteiger partial charge is 0.393 e. The Hall–Kier alpha value is -0.380. The predicted octanol–water partition coefficient (Wildman–Crippen LogP) is 5.58. The summed E-state index contributed by atoms with van der Waals surface area (Å²) in [6.07, 6.45) is 9.26. The van der Waals surface area contributed by atoms with E-state index in [2.05, 4.69) is 47.6 Å². The molecule has 182 valence electrons. The molecule has 0 heterocycles. The lowest BCUT2D eigenvalue weighted by atomic mass is 9.45. The summed E-state index contributed by atoms with van der Waals surface area (Å²) in [4.78, 5) is 0. The van der Waals surface area contributed by atoms with Crippen LogP contribution in [-0.4, -0.2) is 33.6 Å². The van der Waals surface area contributed by atoms with Gasteiger partial charge >= 0.3 is 0 Å². The molecule has 0 aliphatic heterocycles. The van der Waals surface area contributed by atoms with Gasteiger partial charge in [-0.3, -0.25) is 0 Å². The van der Waals surface area contributed by atoms with E-state index in [9.17, 15) is 15.3 Å². The summed E-state index contributed by atoms with van der Waals surface area (Å²) in [7, 11) is 0. The highest BCUT2D eigenvalue weighted by atomic mass is 16.3. The summed E-state index contributed by atoms with van der Waals surface area (Å²) in [5.41, 5.74) is 1.55. The highest BCUT2D eigenvalue weighted by molar-refractivity contribution is 5.29. The fraction of sp³-hybridized carbons (Fsp3) is 0.931. The van der Waals surface area contributed by atoms with Gasteiger partial charge in [0.2, 0.25) is 0 Å². The Morgan fingerprint density at radius 1 is 1.03 bits per heavy atom. The Bertz CT molecular complexity index is 776. The molecule has 4 fully saturated rings. The molecule has 3 nitrogen and oxygen atoms in total. The van der Waals surface area contributed by atoms with Gasteiger partial charge < -0.3 is 15.3 Å². The second-order valence-corrected chi connectivity index (χ2v) is 13.6. The molecule has 0 radical (unpaired) electrons. The van der Waals surface area contributed by atoms with Crippen molar-refractivity contribution in [2.24, 2.45) is 57.7 Å². The van der Waals surface area contributed by atoms with E-state index in [1.807, 2.05) is 0 Å². The third-order valence-corrected chi connectivity index (χ3v) is 12.5. The lowest BCUT2D eigenvalue weighted by molar-refractivity contribution is -0.159. The maximum atomic E-state index is 11.7. The van der Waals surface area contributed by atoms with Gasteiger partial charge in [0.05, 0.1) is 18.3 Å². The smallest absolute Gasteiger partial charge is 0.0659 e. The molecular formula is C29H48O3. The van der Waals surface area contributed by atoms with Crippen LogP contribution in [0.1, 0.15) is 92.9 Å². The summed E-state index contributed by atoms with van der Waals surface area (Å²) in [6.45, 7) is 14.5. The molecule has 0 aromatic heterocycles. The van der Waals surface area contributed by atoms with Crippen molar-refractivity contribution in [2.75, 3.05) is 0 Å². The van der Waals surface area contributed by atoms with Crippen LogP contribution >= 0.6 is 0 Å². The zero-order valence-electron chi connectivity index (χ0n) is 21.3. The fourth-order valence-electron chi connectivity index (χ4n) is 10.2. The summed E-state index contributed by atoms with van der Waals surface area (Å²) >= 11 is 0. The molecule has 4 saturated carbocycles. The van der Waals surface area contributed by atoms with Crippen LogP contribution < -0.4 is 0 Å². The number of fused-ring (bicyclic) bond motifs is 5. The topological polar surface area (TPSA) is 60.7 Å². The van der Waals surface area contributed by atoms with Crippen molar-refractivity contribution >= 4 is 0 Å². The number of aliphatic hydroxyl groups excluding tert-OH is 3. The molecule has 0 unspecified atom stereocenters. The first-order chi connectivity index (χ1) is 15.0. The average molecular weight is 445 g/mol. The van der Waals surface area contributed by atoms with Crippen LogP contribution in [0, 0.1) is 57.7 Å². The minimum Gasteiger partial charge on any atom is -0.393 e. The molecule has 5 aliphatic carbocycles. The monoisotopic (exact) mass is 444 g/mol. The first-order valence-corrected chi connectivity index (χ1v) is 13.7. The van der Waals surface area contributed by atoms with Crippen LogP contribution in [0.3, 0.4) is 0 Å². The van der Waals surface area contributed by atoms with Crippen molar-refractivity contribution in [1.82, 2.24) is 0 Å². The van der Waals surface area contributed by atoms with E-state index >= 15 is 0 Å². The van der Waals surface area contributed by atoms with Gasteiger partial charge in [0, 0.05) is 11.8 Å². The highest BCUT2D eigenvalue weighted by Gasteiger charge is 2.66. The maximum Gasteiger partial charge on any atom is 0.0659 e. The van der Waals surface area contributed by atoms with Crippen molar-refractivity contribution in [2.45, 2.75) is 111 Å². The Kier molecular flexibility index (Phi) is 5.52. The Balaban J connectivity index is 1.42. The first-order valence-electron chi connectivity index (χ1n) is 13.7. The maximum absolute atomic E-state index is 11.7. The summed E-state index contributed by atoms with van der Waals surface area (Å²) < 4.78 is 0. The molecule has 0 spiro atoms. The van der Waals surface area contributed by atoms with E-state index in [1.165, 1.54) is 31.3 Å². The van der Waals surface area contributed by atoms with Gasteiger partial charge in [0.1, 0.15) is 0 Å². The Morgan fingerprint density at radius 3 is 2.44 bits per heavy atom. The number of aliphatic hydroxyl groups is 3. The molecule has 3 heteroatoms. The summed E-state index contributed by atoms with van der Waals surface area (Å²) in [5.74, 6) is 4.30. The van der Waals surface area contributed by atoms with E-state index in [-0.39, 0.29) is 22.9 Å². The molecule has 5 rings (SSSR count). The van der Waals surface area contributed by atoms with E-state index in [0.29, 0.717) is 36.0 Å². The van der Waals surface area contributed by atoms with Gasteiger partial charge in [-0.2, -0.15) is 0 Å². The highest BCUT2D eigenvalue weighted by Crippen LogP contribution is 2.71. The van der Waals surface area contributed by atoms with Gasteiger partial charge in [0.15, 0.2) is 0 Å². The molecule has 32 heavy (non-hydrogen) atoms. The van der Waals surface area contributed by atoms with Gasteiger partial charge in [-0.1, -0.05) is 59.6 Å². The van der Waals surface area contributed by atoms with Crippen molar-refractivity contribution in [3.63, 3.8) is 0 Å². The molecule has 0 bridgehead atoms. The van der Waals surface area contributed by atoms with E-state index in [4.69, 9.17) is 0 Å². The van der Waals surface area contributed by atoms with Crippen LogP contribution in [0.4, 0.5) is 0 Å². The predicted molar refractivity (Wildman–Crippen MR) is 129 cm³/mol. The van der Waals surface area contributed by atoms with Crippen LogP contribution in [0.2, 0.25) is 0 Å². The second kappa shape index (κ2) is 7.56. The summed E-state index contributed by atoms with van der Waals surface area (Å²) in [6, 6.07) is 0. The molecule has 0 saturated heterocycles. The molecule has 0 amide bonds. The van der Waals surface area contributed by atoms with Crippen molar-refractivity contribution < 1.29 is 15.3 Å². The van der Waals surface area contributed by atoms with Crippen molar-refractivity contribution in [3.05, 3.63) is 11.6 Å². The zero-order chi connectivity index (χ0) is 23.2. The normalized spacial score (nSPS) is 56.5. The van der Waals surface area contributed by atoms with Gasteiger partial charge in [-0.15, -0.1) is 0 Å². The van der Waals surface area contributed by atoms with Gasteiger partial charge in [-0.05, 0) is 90.8 Å². The van der Waals surface area contributed by atoms with Crippen LogP contribution in [0.25, 0.3) is 0 Å². The van der Waals surface area contributed by atoms with Crippen LogP contribution in [0.5, 0.6) is 0 Å². The molecule has 13 atom stereocenters. The minimum absolute atomic E-state index is 0.128. The van der Waals surface area contributed by atoms with Gasteiger partial charge in [-0.25, -0.2) is 0 Å². The molecule has 5 aliphatic rings. The number of hydrogen-bond donors (Lipinski definition) is 3. The molecule has 3 N–H and O–H groups in total. The van der Waals surface area contributed by atoms with Crippen LogP contribution in [-0.2, 0) is 0 Å². The lowest BCUT2D eigenvalue weighted by Crippen LogP contribution is -2.60. The number of hydrogen-bond acceptors (Lipinski definition) is 3. The summed E-state index contributed by atoms with van der Waals surface area (Å²) in [5, 5.41) is 33.1. The molecule has 0 aromatic rings. The third kappa shape index (κ3) is 3.02. The lowest BCUT2D eigenvalue weighted by Gasteiger charge is -2.61. The minimum atomic E-state index is -0.553. The average Bonchev–Trinajstić information content (AvgIpc) is 3.31. The Labute approximate surface area is 196 Å². The second-order valence-electron chi connectivity index (χ2n) is 13.6. The standard InChI is InChI=1S/C29H48O3/c1-7-16(2)27(4)14-23(27)17(3)21-10-11-22-20-9-8-18-12-19(30)13-25(32)29(18,6)26(20)24(31)15-28(21,22)5/h8,16-17,19-26,30-32H,7,9-15H2,1-6H3/t16-,17-,19+,20-,21+,22+,23+,24+,25-,26+,27-,28+,29+/m0/s1. The van der Waals surface area contributed by atoms with E-state index in [1.54, 1.807) is 0 Å². The number of allylic oxidation sites excluding steroid dienone is 1. The van der Waals surface area contributed by atoms with Crippen LogP contribution in [0.15, 0.2) is 11.6 Å². The zero-order valence-corrected chi connectivity index (χ0v) is 21.3. The van der Waals surface area contributed by atoms with Gasteiger partial charge in [0.25, 0.3) is 0 Å². The first kappa shape index (κ1) is 23.4. The SMILES string of the molecule is CC[C@H](C)[C@]1(C)C[C@@H]1[C@@H](C)[C@H]1CC[C@@H]2[C@@H]3CC=C4C[C@@H](O)C[C@H](O)[C@]4(C)[C@H]3[C@H](O)C[C@]12C. The molecular weight excluding hydrogens is 396 g/mol. The Morgan fingerprint density at radius 2 is 1.75 bits per heavy atom. The van der Waals surface area contributed by atoms with Crippen molar-refractivity contribution in [1.29, 1.82) is 0 Å². The third-order valence-electron chi connectivity index (χ3n) is 12.5. The quantitative estimate of drug-likeness (QED) is 0.496. The van der Waals surface area contributed by atoms with E-state index in [0.717, 1.165) is 30.6 Å². The number of rotatable bonds is 4. The fourth-order valence-corrected chi connectivity index (χ4v) is 10.2.